The molecule has 0 bridgehead atoms. The molecule has 1 aliphatic heterocycles. The van der Waals surface area contributed by atoms with Gasteiger partial charge in [-0.3, -0.25) is 0 Å². The van der Waals surface area contributed by atoms with E-state index in [9.17, 15) is 4.39 Å². The Hall–Kier alpha value is -0.110. The first-order valence-corrected chi connectivity index (χ1v) is 5.19. The first-order valence-electron chi connectivity index (χ1n) is 5.19. The lowest BCUT2D eigenvalue weighted by Gasteiger charge is -2.13. The van der Waals surface area contributed by atoms with E-state index in [1.165, 1.54) is 25.7 Å². The lowest BCUT2D eigenvalue weighted by molar-refractivity contribution is 0.283. The molecule has 1 nitrogen and oxygen atoms in total. The van der Waals surface area contributed by atoms with Crippen LogP contribution >= 0.6 is 0 Å². The van der Waals surface area contributed by atoms with Gasteiger partial charge in [0.15, 0.2) is 0 Å². The zero-order valence-electron chi connectivity index (χ0n) is 8.06. The minimum atomic E-state index is -0.545. The van der Waals surface area contributed by atoms with Crippen LogP contribution < -0.4 is 0 Å². The van der Waals surface area contributed by atoms with E-state index >= 15 is 0 Å². The molecular formula is C10H20FN. The summed E-state index contributed by atoms with van der Waals surface area (Å²) in [5.74, 6) is 0. The van der Waals surface area contributed by atoms with Crippen molar-refractivity contribution in [1.29, 1.82) is 0 Å². The van der Waals surface area contributed by atoms with Crippen molar-refractivity contribution >= 4 is 0 Å². The van der Waals surface area contributed by atoms with Crippen molar-refractivity contribution in [2.45, 2.75) is 45.2 Å². The first kappa shape index (κ1) is 9.97. The molecule has 72 valence electrons. The van der Waals surface area contributed by atoms with Crippen LogP contribution in [0.1, 0.15) is 39.0 Å². The number of halogens is 1. The molecule has 0 aliphatic carbocycles. The molecule has 1 unspecified atom stereocenters. The minimum absolute atomic E-state index is 0.545. The molecule has 0 amide bonds. The molecule has 0 saturated carbocycles. The lowest BCUT2D eigenvalue weighted by Crippen LogP contribution is -2.22. The summed E-state index contributed by atoms with van der Waals surface area (Å²) in [7, 11) is 0. The summed E-state index contributed by atoms with van der Waals surface area (Å²) in [5, 5.41) is 0. The van der Waals surface area contributed by atoms with Crippen molar-refractivity contribution in [2.24, 2.45) is 0 Å². The zero-order chi connectivity index (χ0) is 8.81. The zero-order valence-corrected chi connectivity index (χ0v) is 8.06. The maximum absolute atomic E-state index is 12.7. The van der Waals surface area contributed by atoms with Gasteiger partial charge in [-0.2, -0.15) is 0 Å². The van der Waals surface area contributed by atoms with E-state index < -0.39 is 6.17 Å². The van der Waals surface area contributed by atoms with Gasteiger partial charge in [0, 0.05) is 13.1 Å². The number of unbranched alkanes of at least 4 members (excludes halogenated alkanes) is 3. The van der Waals surface area contributed by atoms with Crippen LogP contribution in [0.15, 0.2) is 0 Å². The van der Waals surface area contributed by atoms with E-state index in [1.807, 2.05) is 0 Å². The average Bonchev–Trinajstić information content (AvgIpc) is 2.45. The number of rotatable bonds is 5. The predicted molar refractivity (Wildman–Crippen MR) is 50.1 cm³/mol. The average molecular weight is 173 g/mol. The molecular weight excluding hydrogens is 153 g/mol. The molecule has 0 radical (unpaired) electrons. The molecule has 2 heteroatoms. The third-order valence-electron chi connectivity index (χ3n) is 2.54. The third-order valence-corrected chi connectivity index (χ3v) is 2.54. The Morgan fingerprint density at radius 3 is 2.75 bits per heavy atom. The van der Waals surface area contributed by atoms with Crippen LogP contribution in [-0.2, 0) is 0 Å². The van der Waals surface area contributed by atoms with E-state index in [0.29, 0.717) is 6.54 Å². The first-order chi connectivity index (χ1) is 5.83. The summed E-state index contributed by atoms with van der Waals surface area (Å²) in [6.07, 6.45) is 5.38. The fourth-order valence-corrected chi connectivity index (χ4v) is 1.75. The Labute approximate surface area is 74.9 Å². The van der Waals surface area contributed by atoms with Gasteiger partial charge in [0.05, 0.1) is 0 Å². The summed E-state index contributed by atoms with van der Waals surface area (Å²) in [4.78, 5) is 2.25. The predicted octanol–water partition coefficient (Wildman–Crippen LogP) is 2.61. The number of hydrogen-bond acceptors (Lipinski definition) is 1. The Kier molecular flexibility index (Phi) is 4.59. The van der Waals surface area contributed by atoms with Gasteiger partial charge < -0.3 is 4.90 Å². The normalized spacial score (nSPS) is 25.0. The van der Waals surface area contributed by atoms with E-state index in [1.54, 1.807) is 0 Å². The molecule has 0 aromatic rings. The van der Waals surface area contributed by atoms with Crippen LogP contribution in [0.3, 0.4) is 0 Å². The van der Waals surface area contributed by atoms with Crippen molar-refractivity contribution in [3.8, 4) is 0 Å². The largest absolute Gasteiger partial charge is 0.300 e. The summed E-state index contributed by atoms with van der Waals surface area (Å²) in [5.41, 5.74) is 0. The van der Waals surface area contributed by atoms with Gasteiger partial charge in [0.2, 0.25) is 0 Å². The van der Waals surface area contributed by atoms with Crippen molar-refractivity contribution in [2.75, 3.05) is 19.6 Å². The highest BCUT2D eigenvalue weighted by Gasteiger charge is 2.20. The second-order valence-corrected chi connectivity index (χ2v) is 3.75. The molecule has 0 N–H and O–H groups in total. The van der Waals surface area contributed by atoms with Crippen LogP contribution in [0.4, 0.5) is 4.39 Å². The number of likely N-dealkylation sites (tertiary alicyclic amines) is 1. The lowest BCUT2D eigenvalue weighted by atomic mass is 10.2. The van der Waals surface area contributed by atoms with Crippen molar-refractivity contribution in [1.82, 2.24) is 4.90 Å². The second-order valence-electron chi connectivity index (χ2n) is 3.75. The molecule has 12 heavy (non-hydrogen) atoms. The number of alkyl halides is 1. The highest BCUT2D eigenvalue weighted by Crippen LogP contribution is 2.13. The fraction of sp³-hybridized carbons (Fsp3) is 1.00. The van der Waals surface area contributed by atoms with Gasteiger partial charge in [-0.05, 0) is 19.4 Å². The summed E-state index contributed by atoms with van der Waals surface area (Å²) in [6, 6.07) is 0. The molecule has 0 spiro atoms. The molecule has 0 aromatic carbocycles. The maximum Gasteiger partial charge on any atom is 0.114 e. The van der Waals surface area contributed by atoms with Gasteiger partial charge in [-0.1, -0.05) is 26.2 Å². The second kappa shape index (κ2) is 5.52. The highest BCUT2D eigenvalue weighted by atomic mass is 19.1. The summed E-state index contributed by atoms with van der Waals surface area (Å²) in [6.45, 7) is 4.99. The van der Waals surface area contributed by atoms with Gasteiger partial charge >= 0.3 is 0 Å². The third kappa shape index (κ3) is 3.53. The van der Waals surface area contributed by atoms with E-state index in [-0.39, 0.29) is 0 Å². The van der Waals surface area contributed by atoms with Crippen LogP contribution in [0.5, 0.6) is 0 Å². The van der Waals surface area contributed by atoms with Gasteiger partial charge in [-0.15, -0.1) is 0 Å². The molecule has 1 fully saturated rings. The standard InChI is InChI=1S/C10H20FN/c1-2-3-4-5-7-12-8-6-10(11)9-12/h10H,2-9H2,1H3. The fourth-order valence-electron chi connectivity index (χ4n) is 1.75. The number of nitrogens with zero attached hydrogens (tertiary/aromatic N) is 1. The quantitative estimate of drug-likeness (QED) is 0.578. The van der Waals surface area contributed by atoms with Crippen LogP contribution in [0, 0.1) is 0 Å². The van der Waals surface area contributed by atoms with Crippen molar-refractivity contribution in [3.05, 3.63) is 0 Å². The van der Waals surface area contributed by atoms with Crippen LogP contribution in [-0.4, -0.2) is 30.7 Å². The Bertz CT molecular complexity index is 116. The van der Waals surface area contributed by atoms with Gasteiger partial charge in [0.25, 0.3) is 0 Å². The van der Waals surface area contributed by atoms with E-state index in [0.717, 1.165) is 19.5 Å². The van der Waals surface area contributed by atoms with Crippen LogP contribution in [0.25, 0.3) is 0 Å². The van der Waals surface area contributed by atoms with Gasteiger partial charge in [0.1, 0.15) is 6.17 Å². The Balaban J connectivity index is 1.93. The maximum atomic E-state index is 12.7. The molecule has 1 rings (SSSR count). The van der Waals surface area contributed by atoms with Crippen molar-refractivity contribution in [3.63, 3.8) is 0 Å². The highest BCUT2D eigenvalue weighted by molar-refractivity contribution is 4.74. The molecule has 1 aliphatic rings. The Morgan fingerprint density at radius 1 is 1.33 bits per heavy atom. The number of hydrogen-bond donors (Lipinski definition) is 0. The minimum Gasteiger partial charge on any atom is -0.300 e. The summed E-state index contributed by atoms with van der Waals surface area (Å²) >= 11 is 0. The van der Waals surface area contributed by atoms with E-state index in [4.69, 9.17) is 0 Å². The summed E-state index contributed by atoms with van der Waals surface area (Å²) < 4.78 is 12.7. The van der Waals surface area contributed by atoms with E-state index in [2.05, 4.69) is 11.8 Å². The smallest absolute Gasteiger partial charge is 0.114 e. The topological polar surface area (TPSA) is 3.24 Å². The molecule has 1 saturated heterocycles. The molecule has 0 aromatic heterocycles. The van der Waals surface area contributed by atoms with Gasteiger partial charge in [-0.25, -0.2) is 4.39 Å². The SMILES string of the molecule is CCCCCCN1CCC(F)C1. The monoisotopic (exact) mass is 173 g/mol. The Morgan fingerprint density at radius 2 is 2.17 bits per heavy atom. The molecule has 1 atom stereocenters. The molecule has 1 heterocycles. The van der Waals surface area contributed by atoms with Crippen molar-refractivity contribution < 1.29 is 4.39 Å². The van der Waals surface area contributed by atoms with Crippen LogP contribution in [0.2, 0.25) is 0 Å².